The second kappa shape index (κ2) is 6.12. The van der Waals surface area contributed by atoms with E-state index < -0.39 is 0 Å². The number of amides is 1. The molecule has 0 saturated carbocycles. The second-order valence-corrected chi connectivity index (χ2v) is 3.64. The lowest BCUT2D eigenvalue weighted by Crippen LogP contribution is -2.34. The molecule has 0 aromatic heterocycles. The summed E-state index contributed by atoms with van der Waals surface area (Å²) in [6.45, 7) is 2.02. The summed E-state index contributed by atoms with van der Waals surface area (Å²) in [4.78, 5) is 11.7. The van der Waals surface area contributed by atoms with E-state index in [1.165, 1.54) is 12.1 Å². The number of phenols is 1. The van der Waals surface area contributed by atoms with Crippen LogP contribution >= 0.6 is 0 Å². The van der Waals surface area contributed by atoms with Crippen LogP contribution in [0.25, 0.3) is 0 Å². The Balaban J connectivity index is 2.60. The molecule has 0 radical (unpaired) electrons. The Morgan fingerprint density at radius 1 is 1.38 bits per heavy atom. The number of hydrogen-bond donors (Lipinski definition) is 3. The van der Waals surface area contributed by atoms with Crippen molar-refractivity contribution in [3.63, 3.8) is 0 Å². The number of benzene rings is 1. The fourth-order valence-electron chi connectivity index (χ4n) is 1.42. The molecule has 1 aromatic rings. The molecule has 16 heavy (non-hydrogen) atoms. The number of nitrogens with one attached hydrogen (secondary N) is 1. The lowest BCUT2D eigenvalue weighted by atomic mass is 10.1. The quantitative estimate of drug-likeness (QED) is 0.704. The molecule has 1 unspecified atom stereocenters. The first-order valence-corrected chi connectivity index (χ1v) is 5.38. The molecule has 4 nitrogen and oxygen atoms in total. The van der Waals surface area contributed by atoms with Gasteiger partial charge >= 0.3 is 0 Å². The fourth-order valence-corrected chi connectivity index (χ4v) is 1.42. The van der Waals surface area contributed by atoms with Crippen molar-refractivity contribution in [1.82, 2.24) is 5.32 Å². The van der Waals surface area contributed by atoms with Crippen molar-refractivity contribution in [1.29, 1.82) is 0 Å². The molecule has 1 aromatic carbocycles. The molecule has 4 heteroatoms. The normalized spacial score (nSPS) is 12.1. The molecule has 0 aliphatic rings. The van der Waals surface area contributed by atoms with Crippen molar-refractivity contribution in [3.8, 4) is 5.75 Å². The van der Waals surface area contributed by atoms with Crippen LogP contribution in [0, 0.1) is 0 Å². The van der Waals surface area contributed by atoms with E-state index >= 15 is 0 Å². The predicted octanol–water partition coefficient (Wildman–Crippen LogP) is 1.28. The highest BCUT2D eigenvalue weighted by Crippen LogP contribution is 2.10. The standard InChI is InChI=1S/C12H17NO3/c1-2-10(7-8-14)13-12(16)9-3-5-11(15)6-4-9/h3-6,10,14-15H,2,7-8H2,1H3,(H,13,16). The minimum Gasteiger partial charge on any atom is -0.508 e. The molecule has 3 N–H and O–H groups in total. The van der Waals surface area contributed by atoms with Gasteiger partial charge in [-0.3, -0.25) is 4.79 Å². The SMILES string of the molecule is CCC(CCO)NC(=O)c1ccc(O)cc1. The maximum Gasteiger partial charge on any atom is 0.251 e. The van der Waals surface area contributed by atoms with Crippen LogP contribution in [0.4, 0.5) is 0 Å². The molecule has 0 saturated heterocycles. The number of rotatable bonds is 5. The predicted molar refractivity (Wildman–Crippen MR) is 61.4 cm³/mol. The van der Waals surface area contributed by atoms with Gasteiger partial charge in [0.15, 0.2) is 0 Å². The smallest absolute Gasteiger partial charge is 0.251 e. The Morgan fingerprint density at radius 2 is 2.00 bits per heavy atom. The molecule has 0 aliphatic carbocycles. The van der Waals surface area contributed by atoms with Gasteiger partial charge in [0.1, 0.15) is 5.75 Å². The number of aliphatic hydroxyl groups is 1. The summed E-state index contributed by atoms with van der Waals surface area (Å²) in [7, 11) is 0. The van der Waals surface area contributed by atoms with E-state index in [0.29, 0.717) is 12.0 Å². The molecule has 0 bridgehead atoms. The Kier molecular flexibility index (Phi) is 4.79. The number of carbonyl (C=O) groups is 1. The summed E-state index contributed by atoms with van der Waals surface area (Å²) >= 11 is 0. The lowest BCUT2D eigenvalue weighted by Gasteiger charge is -2.15. The van der Waals surface area contributed by atoms with Gasteiger partial charge in [-0.2, -0.15) is 0 Å². The maximum atomic E-state index is 11.7. The molecule has 1 rings (SSSR count). The maximum absolute atomic E-state index is 11.7. The van der Waals surface area contributed by atoms with Crippen molar-refractivity contribution in [2.75, 3.05) is 6.61 Å². The molecule has 1 amide bonds. The molecule has 0 heterocycles. The average molecular weight is 223 g/mol. The lowest BCUT2D eigenvalue weighted by molar-refractivity contribution is 0.0929. The van der Waals surface area contributed by atoms with E-state index in [9.17, 15) is 4.79 Å². The van der Waals surface area contributed by atoms with Crippen molar-refractivity contribution in [2.24, 2.45) is 0 Å². The van der Waals surface area contributed by atoms with Crippen molar-refractivity contribution < 1.29 is 15.0 Å². The molecule has 0 aliphatic heterocycles. The van der Waals surface area contributed by atoms with Crippen LogP contribution in [0.3, 0.4) is 0 Å². The highest BCUT2D eigenvalue weighted by molar-refractivity contribution is 5.94. The molecular formula is C12H17NO3. The average Bonchev–Trinajstić information content (AvgIpc) is 2.29. The summed E-state index contributed by atoms with van der Waals surface area (Å²) < 4.78 is 0. The van der Waals surface area contributed by atoms with Crippen LogP contribution in [0.1, 0.15) is 30.1 Å². The van der Waals surface area contributed by atoms with Gasteiger partial charge < -0.3 is 15.5 Å². The highest BCUT2D eigenvalue weighted by Gasteiger charge is 2.11. The van der Waals surface area contributed by atoms with E-state index in [0.717, 1.165) is 6.42 Å². The van der Waals surface area contributed by atoms with E-state index in [1.807, 2.05) is 6.92 Å². The number of phenolic OH excluding ortho intramolecular Hbond substituents is 1. The minimum absolute atomic E-state index is 0.00805. The Bertz CT molecular complexity index is 335. The van der Waals surface area contributed by atoms with E-state index in [4.69, 9.17) is 10.2 Å². The number of aliphatic hydroxyl groups excluding tert-OH is 1. The Labute approximate surface area is 94.9 Å². The van der Waals surface area contributed by atoms with Crippen LogP contribution in [0.15, 0.2) is 24.3 Å². The first-order valence-electron chi connectivity index (χ1n) is 5.38. The van der Waals surface area contributed by atoms with Crippen LogP contribution in [0.2, 0.25) is 0 Å². The molecular weight excluding hydrogens is 206 g/mol. The molecule has 1 atom stereocenters. The zero-order valence-electron chi connectivity index (χ0n) is 9.31. The van der Waals surface area contributed by atoms with Gasteiger partial charge in [-0.1, -0.05) is 6.92 Å². The highest BCUT2D eigenvalue weighted by atomic mass is 16.3. The van der Waals surface area contributed by atoms with Crippen molar-refractivity contribution in [2.45, 2.75) is 25.8 Å². The van der Waals surface area contributed by atoms with Gasteiger partial charge in [-0.25, -0.2) is 0 Å². The summed E-state index contributed by atoms with van der Waals surface area (Å²) in [5.41, 5.74) is 0.509. The Hall–Kier alpha value is -1.55. The van der Waals surface area contributed by atoms with Gasteiger partial charge in [0, 0.05) is 18.2 Å². The third-order valence-corrected chi connectivity index (χ3v) is 2.44. The van der Waals surface area contributed by atoms with Gasteiger partial charge in [0.25, 0.3) is 5.91 Å². The van der Waals surface area contributed by atoms with Crippen LogP contribution in [0.5, 0.6) is 5.75 Å². The minimum atomic E-state index is -0.180. The van der Waals surface area contributed by atoms with Gasteiger partial charge in [-0.15, -0.1) is 0 Å². The summed E-state index contributed by atoms with van der Waals surface area (Å²) in [6.07, 6.45) is 1.34. The van der Waals surface area contributed by atoms with E-state index in [2.05, 4.69) is 5.32 Å². The third-order valence-electron chi connectivity index (χ3n) is 2.44. The van der Waals surface area contributed by atoms with Gasteiger partial charge in [0.2, 0.25) is 0 Å². The monoisotopic (exact) mass is 223 g/mol. The van der Waals surface area contributed by atoms with Crippen molar-refractivity contribution >= 4 is 5.91 Å². The van der Waals surface area contributed by atoms with Crippen LogP contribution in [-0.4, -0.2) is 28.8 Å². The van der Waals surface area contributed by atoms with Crippen molar-refractivity contribution in [3.05, 3.63) is 29.8 Å². The van der Waals surface area contributed by atoms with Crippen LogP contribution in [-0.2, 0) is 0 Å². The van der Waals surface area contributed by atoms with E-state index in [1.54, 1.807) is 12.1 Å². The van der Waals surface area contributed by atoms with Crippen LogP contribution < -0.4 is 5.32 Å². The molecule has 88 valence electrons. The Morgan fingerprint density at radius 3 is 2.50 bits per heavy atom. The fraction of sp³-hybridized carbons (Fsp3) is 0.417. The van der Waals surface area contributed by atoms with E-state index in [-0.39, 0.29) is 24.3 Å². The first-order chi connectivity index (χ1) is 7.67. The first kappa shape index (κ1) is 12.5. The second-order valence-electron chi connectivity index (χ2n) is 3.64. The topological polar surface area (TPSA) is 69.6 Å². The van der Waals surface area contributed by atoms with Gasteiger partial charge in [0.05, 0.1) is 0 Å². The number of aromatic hydroxyl groups is 1. The molecule has 0 fully saturated rings. The number of carbonyl (C=O) groups excluding carboxylic acids is 1. The number of hydrogen-bond acceptors (Lipinski definition) is 3. The largest absolute Gasteiger partial charge is 0.508 e. The summed E-state index contributed by atoms with van der Waals surface area (Å²) in [6, 6.07) is 6.07. The summed E-state index contributed by atoms with van der Waals surface area (Å²) in [5, 5.41) is 20.7. The zero-order chi connectivity index (χ0) is 12.0. The molecule has 0 spiro atoms. The van der Waals surface area contributed by atoms with Gasteiger partial charge in [-0.05, 0) is 37.1 Å². The summed E-state index contributed by atoms with van der Waals surface area (Å²) in [5.74, 6) is -0.0424. The third kappa shape index (κ3) is 3.55. The zero-order valence-corrected chi connectivity index (χ0v) is 9.31.